The first kappa shape index (κ1) is 27.0. The van der Waals surface area contributed by atoms with Crippen LogP contribution in [-0.2, 0) is 9.59 Å². The van der Waals surface area contributed by atoms with Crippen LogP contribution in [0.25, 0.3) is 0 Å². The summed E-state index contributed by atoms with van der Waals surface area (Å²) in [5.74, 6) is -2.30. The Morgan fingerprint density at radius 1 is 1.19 bits per heavy atom. The van der Waals surface area contributed by atoms with Crippen molar-refractivity contribution in [3.63, 3.8) is 0 Å². The van der Waals surface area contributed by atoms with Gasteiger partial charge in [0.25, 0.3) is 11.6 Å². The van der Waals surface area contributed by atoms with E-state index in [0.717, 1.165) is 17.2 Å². The van der Waals surface area contributed by atoms with Crippen LogP contribution >= 0.6 is 0 Å². The summed E-state index contributed by atoms with van der Waals surface area (Å²) in [6.45, 7) is 3.17. The van der Waals surface area contributed by atoms with Crippen molar-refractivity contribution in [3.05, 3.63) is 68.8 Å². The van der Waals surface area contributed by atoms with Gasteiger partial charge in [-0.1, -0.05) is 29.3 Å². The number of benzene rings is 2. The summed E-state index contributed by atoms with van der Waals surface area (Å²) >= 11 is 0. The quantitative estimate of drug-likeness (QED) is 0.249. The smallest absolute Gasteiger partial charge is 0.305 e. The standard InChI is InChI=1S/C24H27FN6O6/c1-13-3-14(2)5-15(4-13)20(9-22(33)34)30-21(32)12-26-23(35)16-6-18(8-19(7-16)31(36)37)29-24-27-10-17(25)11-28-24/h3-8,17,20H,9-12H2,1-2H3,(H,26,35)(H,30,32)(H,33,34)(H2,27,28,29). The van der Waals surface area contributed by atoms with Gasteiger partial charge >= 0.3 is 5.97 Å². The Morgan fingerprint density at radius 3 is 2.49 bits per heavy atom. The molecule has 196 valence electrons. The number of alkyl halides is 1. The number of aryl methyl sites for hydroxylation is 2. The number of carboxylic acids is 1. The molecule has 0 saturated carbocycles. The number of carbonyl (C=O) groups excluding carboxylic acids is 2. The van der Waals surface area contributed by atoms with E-state index in [1.165, 1.54) is 12.1 Å². The zero-order valence-electron chi connectivity index (χ0n) is 20.2. The van der Waals surface area contributed by atoms with Crippen LogP contribution in [0.15, 0.2) is 41.4 Å². The molecule has 2 unspecified atom stereocenters. The van der Waals surface area contributed by atoms with Gasteiger partial charge in [-0.15, -0.1) is 0 Å². The molecule has 2 aromatic rings. The maximum absolute atomic E-state index is 13.3. The van der Waals surface area contributed by atoms with Crippen LogP contribution < -0.4 is 21.3 Å². The average Bonchev–Trinajstić information content (AvgIpc) is 2.82. The van der Waals surface area contributed by atoms with Gasteiger partial charge < -0.3 is 26.4 Å². The van der Waals surface area contributed by atoms with Crippen LogP contribution in [0, 0.1) is 24.0 Å². The second kappa shape index (κ2) is 11.9. The number of guanidine groups is 1. The Balaban J connectivity index is 1.69. The second-order valence-corrected chi connectivity index (χ2v) is 8.64. The van der Waals surface area contributed by atoms with Gasteiger partial charge in [0, 0.05) is 23.4 Å². The van der Waals surface area contributed by atoms with E-state index in [0.29, 0.717) is 5.56 Å². The summed E-state index contributed by atoms with van der Waals surface area (Å²) in [4.78, 5) is 51.2. The van der Waals surface area contributed by atoms with Gasteiger partial charge in [-0.25, -0.2) is 9.38 Å². The summed E-state index contributed by atoms with van der Waals surface area (Å²) in [5.41, 5.74) is 2.12. The Labute approximate surface area is 211 Å². The molecule has 0 aromatic heterocycles. The Hall–Kier alpha value is -4.55. The van der Waals surface area contributed by atoms with E-state index in [9.17, 15) is 34.0 Å². The summed E-state index contributed by atoms with van der Waals surface area (Å²) in [6, 6.07) is 8.22. The van der Waals surface area contributed by atoms with E-state index in [4.69, 9.17) is 0 Å². The highest BCUT2D eigenvalue weighted by Gasteiger charge is 2.21. The molecule has 0 fully saturated rings. The second-order valence-electron chi connectivity index (χ2n) is 8.64. The number of nitrogens with one attached hydrogen (secondary N) is 4. The minimum absolute atomic E-state index is 0.0220. The summed E-state index contributed by atoms with van der Waals surface area (Å²) in [7, 11) is 0. The third-order valence-electron chi connectivity index (χ3n) is 5.36. The molecule has 1 aliphatic heterocycles. The van der Waals surface area contributed by atoms with Crippen molar-refractivity contribution in [3.8, 4) is 0 Å². The Bertz CT molecular complexity index is 1230. The van der Waals surface area contributed by atoms with Crippen molar-refractivity contribution in [1.29, 1.82) is 0 Å². The number of hydrogen-bond acceptors (Lipinski definition) is 8. The van der Waals surface area contributed by atoms with Crippen molar-refractivity contribution >= 4 is 35.1 Å². The van der Waals surface area contributed by atoms with Crippen LogP contribution in [0.2, 0.25) is 0 Å². The Kier molecular flexibility index (Phi) is 8.72. The van der Waals surface area contributed by atoms with Gasteiger partial charge in [0.15, 0.2) is 5.96 Å². The largest absolute Gasteiger partial charge is 0.481 e. The van der Waals surface area contributed by atoms with Gasteiger partial charge in [0.1, 0.15) is 6.17 Å². The number of nitro groups is 1. The number of nitro benzene ring substituents is 1. The minimum atomic E-state index is -1.15. The predicted molar refractivity (Wildman–Crippen MR) is 133 cm³/mol. The highest BCUT2D eigenvalue weighted by molar-refractivity contribution is 6.00. The molecule has 3 rings (SSSR count). The lowest BCUT2D eigenvalue weighted by Gasteiger charge is -2.19. The molecule has 37 heavy (non-hydrogen) atoms. The highest BCUT2D eigenvalue weighted by Crippen LogP contribution is 2.22. The maximum Gasteiger partial charge on any atom is 0.305 e. The number of carbonyl (C=O) groups is 3. The van der Waals surface area contributed by atoms with Crippen molar-refractivity contribution in [2.75, 3.05) is 25.0 Å². The Morgan fingerprint density at radius 2 is 1.89 bits per heavy atom. The van der Waals surface area contributed by atoms with Gasteiger partial charge in [-0.3, -0.25) is 24.5 Å². The molecule has 1 heterocycles. The van der Waals surface area contributed by atoms with E-state index >= 15 is 0 Å². The molecule has 2 atom stereocenters. The maximum atomic E-state index is 13.3. The average molecular weight is 515 g/mol. The van der Waals surface area contributed by atoms with Crippen LogP contribution in [0.3, 0.4) is 0 Å². The van der Waals surface area contributed by atoms with Gasteiger partial charge in [-0.2, -0.15) is 0 Å². The third-order valence-corrected chi connectivity index (χ3v) is 5.36. The number of anilines is 1. The minimum Gasteiger partial charge on any atom is -0.481 e. The summed E-state index contributed by atoms with van der Waals surface area (Å²) in [6.07, 6.45) is -1.50. The number of amides is 2. The number of aliphatic imine (C=N–C) groups is 1. The van der Waals surface area contributed by atoms with E-state index in [2.05, 4.69) is 26.3 Å². The molecule has 5 N–H and O–H groups in total. The molecule has 12 nitrogen and oxygen atoms in total. The molecule has 2 aromatic carbocycles. The van der Waals surface area contributed by atoms with Gasteiger partial charge in [0.05, 0.1) is 37.0 Å². The van der Waals surface area contributed by atoms with Crippen LogP contribution in [0.1, 0.15) is 39.5 Å². The topological polar surface area (TPSA) is 175 Å². The molecule has 0 saturated heterocycles. The number of rotatable bonds is 9. The van der Waals surface area contributed by atoms with E-state index < -0.39 is 41.5 Å². The number of non-ortho nitro benzene ring substituents is 1. The van der Waals surface area contributed by atoms with E-state index in [1.54, 1.807) is 12.1 Å². The fourth-order valence-electron chi connectivity index (χ4n) is 3.80. The fourth-order valence-corrected chi connectivity index (χ4v) is 3.80. The first-order valence-electron chi connectivity index (χ1n) is 11.4. The van der Waals surface area contributed by atoms with Crippen molar-refractivity contribution in [2.24, 2.45) is 4.99 Å². The molecule has 1 aliphatic rings. The van der Waals surface area contributed by atoms with Crippen molar-refractivity contribution in [1.82, 2.24) is 16.0 Å². The molecule has 0 bridgehead atoms. The molecule has 0 aliphatic carbocycles. The molecule has 2 amide bonds. The van der Waals surface area contributed by atoms with Crippen molar-refractivity contribution in [2.45, 2.75) is 32.5 Å². The zero-order valence-corrected chi connectivity index (χ0v) is 20.2. The number of carboxylic acid groups (broad SMARTS) is 1. The number of hydrogen-bond donors (Lipinski definition) is 5. The lowest BCUT2D eigenvalue weighted by atomic mass is 9.99. The number of nitrogens with zero attached hydrogens (tertiary/aromatic N) is 2. The van der Waals surface area contributed by atoms with Gasteiger partial charge in [0.2, 0.25) is 5.91 Å². The van der Waals surface area contributed by atoms with Gasteiger partial charge in [-0.05, 0) is 25.5 Å². The lowest BCUT2D eigenvalue weighted by molar-refractivity contribution is -0.384. The number of halogens is 1. The van der Waals surface area contributed by atoms with Crippen LogP contribution in [0.4, 0.5) is 15.8 Å². The normalized spacial score (nSPS) is 15.5. The first-order chi connectivity index (χ1) is 17.5. The SMILES string of the molecule is Cc1cc(C)cc(C(CC(=O)O)NC(=O)CNC(=O)c2cc(NC3=NCC(F)CN3)cc([N+](=O)[O-])c2)c1. The molecular formula is C24H27FN6O6. The van der Waals surface area contributed by atoms with E-state index in [1.807, 2.05) is 19.9 Å². The van der Waals surface area contributed by atoms with Crippen molar-refractivity contribution < 1.29 is 28.8 Å². The highest BCUT2D eigenvalue weighted by atomic mass is 19.1. The molecular weight excluding hydrogens is 487 g/mol. The zero-order chi connectivity index (χ0) is 27.1. The monoisotopic (exact) mass is 514 g/mol. The molecule has 0 radical (unpaired) electrons. The molecule has 13 heteroatoms. The summed E-state index contributed by atoms with van der Waals surface area (Å²) in [5, 5.41) is 31.1. The molecule has 0 spiro atoms. The fraction of sp³-hybridized carbons (Fsp3) is 0.333. The summed E-state index contributed by atoms with van der Waals surface area (Å²) < 4.78 is 13.3. The third kappa shape index (κ3) is 7.98. The predicted octanol–water partition coefficient (Wildman–Crippen LogP) is 1.98. The van der Waals surface area contributed by atoms with Crippen LogP contribution in [-0.4, -0.2) is 59.6 Å². The lowest BCUT2D eigenvalue weighted by Crippen LogP contribution is -2.41. The number of aliphatic carboxylic acids is 1. The van der Waals surface area contributed by atoms with Crippen LogP contribution in [0.5, 0.6) is 0 Å². The first-order valence-corrected chi connectivity index (χ1v) is 11.4. The van der Waals surface area contributed by atoms with E-state index in [-0.39, 0.29) is 42.4 Å².